The van der Waals surface area contributed by atoms with Crippen LogP contribution in [0.25, 0.3) is 22.2 Å². The lowest BCUT2D eigenvalue weighted by Gasteiger charge is -2.12. The molecule has 0 saturated carbocycles. The standard InChI is InChI=1S/C18H16N2O3/c1-3-23-13-6-4-12(5-7-13)17-11(2)16(18(21)22)14-8-9-19-10-15(14)20-17/h4-10H,3H2,1-2H3,(H,21,22). The molecule has 0 aliphatic rings. The van der Waals surface area contributed by atoms with Gasteiger partial charge in [-0.1, -0.05) is 0 Å². The van der Waals surface area contributed by atoms with Crippen molar-refractivity contribution in [3.63, 3.8) is 0 Å². The zero-order valence-electron chi connectivity index (χ0n) is 12.9. The van der Waals surface area contributed by atoms with Gasteiger partial charge in [0.15, 0.2) is 0 Å². The Labute approximate surface area is 133 Å². The van der Waals surface area contributed by atoms with E-state index in [1.807, 2.05) is 31.2 Å². The molecule has 23 heavy (non-hydrogen) atoms. The zero-order valence-corrected chi connectivity index (χ0v) is 12.9. The highest BCUT2D eigenvalue weighted by Crippen LogP contribution is 2.30. The summed E-state index contributed by atoms with van der Waals surface area (Å²) in [6.45, 7) is 4.30. The number of nitrogens with zero attached hydrogens (tertiary/aromatic N) is 2. The van der Waals surface area contributed by atoms with Gasteiger partial charge in [0.1, 0.15) is 5.75 Å². The van der Waals surface area contributed by atoms with Crippen molar-refractivity contribution in [3.05, 3.63) is 53.9 Å². The van der Waals surface area contributed by atoms with Crippen molar-refractivity contribution in [1.29, 1.82) is 0 Å². The van der Waals surface area contributed by atoms with Crippen molar-refractivity contribution in [1.82, 2.24) is 9.97 Å². The average Bonchev–Trinajstić information content (AvgIpc) is 2.55. The molecule has 3 aromatic rings. The summed E-state index contributed by atoms with van der Waals surface area (Å²) in [4.78, 5) is 20.3. The first-order valence-electron chi connectivity index (χ1n) is 7.32. The molecule has 5 nitrogen and oxygen atoms in total. The maximum absolute atomic E-state index is 11.7. The second-order valence-electron chi connectivity index (χ2n) is 5.12. The van der Waals surface area contributed by atoms with Crippen LogP contribution in [0, 0.1) is 6.92 Å². The maximum Gasteiger partial charge on any atom is 0.336 e. The third-order valence-corrected chi connectivity index (χ3v) is 3.68. The van der Waals surface area contributed by atoms with Gasteiger partial charge in [-0.05, 0) is 49.7 Å². The van der Waals surface area contributed by atoms with Crippen LogP contribution in [0.15, 0.2) is 42.7 Å². The molecule has 3 rings (SSSR count). The van der Waals surface area contributed by atoms with E-state index in [9.17, 15) is 9.90 Å². The first kappa shape index (κ1) is 15.0. The van der Waals surface area contributed by atoms with Gasteiger partial charge in [0.05, 0.1) is 29.6 Å². The summed E-state index contributed by atoms with van der Waals surface area (Å²) in [6, 6.07) is 9.16. The second kappa shape index (κ2) is 6.04. The summed E-state index contributed by atoms with van der Waals surface area (Å²) in [6.07, 6.45) is 3.16. The summed E-state index contributed by atoms with van der Waals surface area (Å²) in [5.41, 5.74) is 2.96. The summed E-state index contributed by atoms with van der Waals surface area (Å²) in [5.74, 6) is -0.192. The van der Waals surface area contributed by atoms with Crippen LogP contribution in [0.2, 0.25) is 0 Å². The van der Waals surface area contributed by atoms with Crippen LogP contribution in [0.3, 0.4) is 0 Å². The van der Waals surface area contributed by atoms with Crippen molar-refractivity contribution in [2.75, 3.05) is 6.61 Å². The number of carbonyl (C=O) groups is 1. The van der Waals surface area contributed by atoms with E-state index in [-0.39, 0.29) is 5.56 Å². The molecule has 2 heterocycles. The molecule has 1 N–H and O–H groups in total. The molecule has 0 atom stereocenters. The third kappa shape index (κ3) is 2.73. The fraction of sp³-hybridized carbons (Fsp3) is 0.167. The monoisotopic (exact) mass is 308 g/mol. The van der Waals surface area contributed by atoms with Crippen LogP contribution in [0.1, 0.15) is 22.8 Å². The van der Waals surface area contributed by atoms with E-state index in [1.165, 1.54) is 0 Å². The van der Waals surface area contributed by atoms with Gasteiger partial charge in [-0.2, -0.15) is 0 Å². The largest absolute Gasteiger partial charge is 0.494 e. The van der Waals surface area contributed by atoms with Gasteiger partial charge in [-0.25, -0.2) is 9.78 Å². The molecule has 0 aliphatic heterocycles. The Hall–Kier alpha value is -2.95. The highest BCUT2D eigenvalue weighted by molar-refractivity contribution is 6.05. The Morgan fingerprint density at radius 2 is 1.96 bits per heavy atom. The minimum Gasteiger partial charge on any atom is -0.494 e. The highest BCUT2D eigenvalue weighted by Gasteiger charge is 2.18. The number of aromatic carboxylic acids is 1. The lowest BCUT2D eigenvalue weighted by atomic mass is 9.98. The number of hydrogen-bond donors (Lipinski definition) is 1. The summed E-state index contributed by atoms with van der Waals surface area (Å²) in [5, 5.41) is 10.2. The number of hydrogen-bond acceptors (Lipinski definition) is 4. The molecule has 0 bridgehead atoms. The number of carboxylic acid groups (broad SMARTS) is 1. The Bertz CT molecular complexity index is 873. The minimum atomic E-state index is -0.965. The number of aromatic nitrogens is 2. The van der Waals surface area contributed by atoms with Gasteiger partial charge in [-0.15, -0.1) is 0 Å². The maximum atomic E-state index is 11.7. The van der Waals surface area contributed by atoms with Crippen molar-refractivity contribution in [2.45, 2.75) is 13.8 Å². The van der Waals surface area contributed by atoms with Gasteiger partial charge in [0.2, 0.25) is 0 Å². The molecule has 0 radical (unpaired) electrons. The summed E-state index contributed by atoms with van der Waals surface area (Å²) in [7, 11) is 0. The Balaban J connectivity index is 2.21. The molecule has 0 amide bonds. The topological polar surface area (TPSA) is 72.3 Å². The Kier molecular flexibility index (Phi) is 3.93. The van der Waals surface area contributed by atoms with Crippen LogP contribution in [-0.4, -0.2) is 27.7 Å². The third-order valence-electron chi connectivity index (χ3n) is 3.68. The van der Waals surface area contributed by atoms with Crippen LogP contribution in [-0.2, 0) is 0 Å². The quantitative estimate of drug-likeness (QED) is 0.795. The fourth-order valence-corrected chi connectivity index (χ4v) is 2.64. The molecule has 0 spiro atoms. The molecule has 116 valence electrons. The second-order valence-corrected chi connectivity index (χ2v) is 5.12. The predicted octanol–water partition coefficient (Wildman–Crippen LogP) is 3.70. The molecule has 0 unspecified atom stereocenters. The molecule has 1 aromatic carbocycles. The van der Waals surface area contributed by atoms with Crippen LogP contribution in [0.5, 0.6) is 5.75 Å². The van der Waals surface area contributed by atoms with E-state index in [2.05, 4.69) is 9.97 Å². The minimum absolute atomic E-state index is 0.265. The van der Waals surface area contributed by atoms with Crippen molar-refractivity contribution >= 4 is 16.9 Å². The molecule has 0 aliphatic carbocycles. The summed E-state index contributed by atoms with van der Waals surface area (Å²) >= 11 is 0. The van der Waals surface area contributed by atoms with Gasteiger partial charge in [0, 0.05) is 17.1 Å². The van der Waals surface area contributed by atoms with E-state index in [0.29, 0.717) is 28.8 Å². The van der Waals surface area contributed by atoms with Gasteiger partial charge in [0.25, 0.3) is 0 Å². The van der Waals surface area contributed by atoms with Crippen molar-refractivity contribution in [3.8, 4) is 17.0 Å². The highest BCUT2D eigenvalue weighted by atomic mass is 16.5. The number of benzene rings is 1. The normalized spacial score (nSPS) is 10.7. The summed E-state index contributed by atoms with van der Waals surface area (Å²) < 4.78 is 5.43. The predicted molar refractivity (Wildman–Crippen MR) is 87.8 cm³/mol. The van der Waals surface area contributed by atoms with Gasteiger partial charge >= 0.3 is 5.97 Å². The van der Waals surface area contributed by atoms with E-state index in [4.69, 9.17) is 4.74 Å². The van der Waals surface area contributed by atoms with Crippen LogP contribution < -0.4 is 4.74 Å². The molecular formula is C18H16N2O3. The van der Waals surface area contributed by atoms with Crippen LogP contribution in [0.4, 0.5) is 0 Å². The lowest BCUT2D eigenvalue weighted by Crippen LogP contribution is -2.05. The first-order chi connectivity index (χ1) is 11.1. The van der Waals surface area contributed by atoms with Crippen molar-refractivity contribution in [2.24, 2.45) is 0 Å². The first-order valence-corrected chi connectivity index (χ1v) is 7.32. The lowest BCUT2D eigenvalue weighted by molar-refractivity contribution is 0.0698. The molecule has 2 aromatic heterocycles. The van der Waals surface area contributed by atoms with E-state index < -0.39 is 5.97 Å². The Morgan fingerprint density at radius 1 is 1.22 bits per heavy atom. The number of rotatable bonds is 4. The van der Waals surface area contributed by atoms with E-state index in [0.717, 1.165) is 11.3 Å². The van der Waals surface area contributed by atoms with Crippen molar-refractivity contribution < 1.29 is 14.6 Å². The van der Waals surface area contributed by atoms with E-state index in [1.54, 1.807) is 25.4 Å². The van der Waals surface area contributed by atoms with E-state index >= 15 is 0 Å². The SMILES string of the molecule is CCOc1ccc(-c2nc3cnccc3c(C(=O)O)c2C)cc1. The Morgan fingerprint density at radius 3 is 2.61 bits per heavy atom. The molecule has 0 fully saturated rings. The van der Waals surface area contributed by atoms with Gasteiger partial charge in [-0.3, -0.25) is 4.98 Å². The average molecular weight is 308 g/mol. The smallest absolute Gasteiger partial charge is 0.336 e. The zero-order chi connectivity index (χ0) is 16.4. The van der Waals surface area contributed by atoms with Gasteiger partial charge < -0.3 is 9.84 Å². The van der Waals surface area contributed by atoms with Crippen LogP contribution >= 0.6 is 0 Å². The number of carboxylic acids is 1. The fourth-order valence-electron chi connectivity index (χ4n) is 2.64. The molecule has 5 heteroatoms. The number of pyridine rings is 2. The molecular weight excluding hydrogens is 292 g/mol. The number of fused-ring (bicyclic) bond motifs is 1. The molecule has 0 saturated heterocycles. The number of ether oxygens (including phenoxy) is 1.